The zero-order chi connectivity index (χ0) is 18.4. The first-order chi connectivity index (χ1) is 11.8. The van der Waals surface area contributed by atoms with Crippen LogP contribution in [0.5, 0.6) is 0 Å². The van der Waals surface area contributed by atoms with Crippen LogP contribution in [0, 0.1) is 12.7 Å². The molecule has 2 rings (SSSR count). The van der Waals surface area contributed by atoms with Gasteiger partial charge in [-0.25, -0.2) is 12.8 Å². The molecule has 1 amide bonds. The predicted molar refractivity (Wildman–Crippen MR) is 96.5 cm³/mol. The molecule has 2 aromatic carbocycles. The zero-order valence-corrected chi connectivity index (χ0v) is 15.0. The van der Waals surface area contributed by atoms with Crippen molar-refractivity contribution in [2.75, 3.05) is 23.7 Å². The van der Waals surface area contributed by atoms with Gasteiger partial charge >= 0.3 is 0 Å². The lowest BCUT2D eigenvalue weighted by atomic mass is 10.1. The van der Waals surface area contributed by atoms with Crippen LogP contribution < -0.4 is 9.62 Å². The van der Waals surface area contributed by atoms with Crippen molar-refractivity contribution >= 4 is 21.6 Å². The molecule has 0 heterocycles. The molecule has 1 N–H and O–H groups in total. The molecule has 0 aliphatic heterocycles. The van der Waals surface area contributed by atoms with Crippen LogP contribution >= 0.6 is 0 Å². The van der Waals surface area contributed by atoms with Gasteiger partial charge in [0, 0.05) is 6.54 Å². The smallest absolute Gasteiger partial charge is 0.232 e. The topological polar surface area (TPSA) is 66.5 Å². The summed E-state index contributed by atoms with van der Waals surface area (Å²) in [6.45, 7) is 1.99. The van der Waals surface area contributed by atoms with E-state index in [0.29, 0.717) is 0 Å². The van der Waals surface area contributed by atoms with Crippen molar-refractivity contribution in [1.82, 2.24) is 5.32 Å². The standard InChI is InChI=1S/C18H21FN2O3S/c1-14-6-5-7-15(12-14)13-18(22)20-10-11-21(25(2,23)24)17-9-4-3-8-16(17)19/h3-9,12H,10-11,13H2,1-2H3,(H,20,22). The fourth-order valence-corrected chi connectivity index (χ4v) is 3.41. The highest BCUT2D eigenvalue weighted by atomic mass is 32.2. The number of hydrogen-bond acceptors (Lipinski definition) is 3. The van der Waals surface area contributed by atoms with Crippen molar-refractivity contribution in [2.45, 2.75) is 13.3 Å². The fourth-order valence-electron chi connectivity index (χ4n) is 2.49. The summed E-state index contributed by atoms with van der Waals surface area (Å²) in [7, 11) is -3.66. The Kier molecular flexibility index (Phi) is 6.14. The van der Waals surface area contributed by atoms with Gasteiger partial charge in [-0.1, -0.05) is 42.0 Å². The summed E-state index contributed by atoms with van der Waals surface area (Å²) in [6.07, 6.45) is 1.22. The number of halogens is 1. The molecule has 0 aliphatic rings. The van der Waals surface area contributed by atoms with E-state index in [1.54, 1.807) is 6.07 Å². The molecule has 0 saturated heterocycles. The second-order valence-electron chi connectivity index (χ2n) is 5.80. The number of rotatable bonds is 7. The fraction of sp³-hybridized carbons (Fsp3) is 0.278. The zero-order valence-electron chi connectivity index (χ0n) is 14.2. The van der Waals surface area contributed by atoms with Gasteiger partial charge < -0.3 is 5.32 Å². The molecule has 0 unspecified atom stereocenters. The first-order valence-electron chi connectivity index (χ1n) is 7.82. The number of anilines is 1. The van der Waals surface area contributed by atoms with Gasteiger partial charge in [-0.3, -0.25) is 9.10 Å². The van der Waals surface area contributed by atoms with E-state index in [4.69, 9.17) is 0 Å². The van der Waals surface area contributed by atoms with E-state index in [0.717, 1.165) is 21.7 Å². The molecule has 134 valence electrons. The normalized spacial score (nSPS) is 11.2. The number of benzene rings is 2. The minimum Gasteiger partial charge on any atom is -0.354 e. The van der Waals surface area contributed by atoms with Crippen molar-refractivity contribution in [1.29, 1.82) is 0 Å². The lowest BCUT2D eigenvalue weighted by Gasteiger charge is -2.23. The van der Waals surface area contributed by atoms with Crippen molar-refractivity contribution in [2.24, 2.45) is 0 Å². The van der Waals surface area contributed by atoms with E-state index >= 15 is 0 Å². The monoisotopic (exact) mass is 364 g/mol. The van der Waals surface area contributed by atoms with E-state index in [1.165, 1.54) is 18.2 Å². The van der Waals surface area contributed by atoms with Crippen LogP contribution in [0.15, 0.2) is 48.5 Å². The van der Waals surface area contributed by atoms with E-state index in [9.17, 15) is 17.6 Å². The van der Waals surface area contributed by atoms with Gasteiger partial charge in [0.25, 0.3) is 0 Å². The number of sulfonamides is 1. The van der Waals surface area contributed by atoms with Gasteiger partial charge in [-0.15, -0.1) is 0 Å². The molecule has 5 nitrogen and oxygen atoms in total. The molecule has 2 aromatic rings. The highest BCUT2D eigenvalue weighted by Crippen LogP contribution is 2.20. The van der Waals surface area contributed by atoms with Crippen molar-refractivity contribution in [3.8, 4) is 0 Å². The second-order valence-corrected chi connectivity index (χ2v) is 7.71. The Morgan fingerprint density at radius 3 is 2.52 bits per heavy atom. The third kappa shape index (κ3) is 5.56. The van der Waals surface area contributed by atoms with Gasteiger partial charge in [-0.2, -0.15) is 0 Å². The molecule has 0 spiro atoms. The molecular weight excluding hydrogens is 343 g/mol. The second kappa shape index (κ2) is 8.11. The number of para-hydroxylation sites is 1. The first kappa shape index (κ1) is 18.9. The Labute approximate surface area is 147 Å². The number of hydrogen-bond donors (Lipinski definition) is 1. The molecule has 0 fully saturated rings. The maximum Gasteiger partial charge on any atom is 0.232 e. The number of carbonyl (C=O) groups is 1. The van der Waals surface area contributed by atoms with Crippen LogP contribution in [0.1, 0.15) is 11.1 Å². The van der Waals surface area contributed by atoms with Crippen LogP contribution in [-0.2, 0) is 21.2 Å². The molecule has 7 heteroatoms. The molecule has 0 aromatic heterocycles. The minimum absolute atomic E-state index is 0.0297. The molecule has 0 aliphatic carbocycles. The van der Waals surface area contributed by atoms with Gasteiger partial charge in [-0.05, 0) is 24.6 Å². The summed E-state index contributed by atoms with van der Waals surface area (Å²) in [6, 6.07) is 13.2. The maximum absolute atomic E-state index is 13.9. The van der Waals surface area contributed by atoms with Gasteiger partial charge in [0.15, 0.2) is 0 Å². The summed E-state index contributed by atoms with van der Waals surface area (Å²) in [5, 5.41) is 2.67. The summed E-state index contributed by atoms with van der Waals surface area (Å²) in [4.78, 5) is 12.0. The average Bonchev–Trinajstić information content (AvgIpc) is 2.51. The number of nitrogens with zero attached hydrogens (tertiary/aromatic N) is 1. The largest absolute Gasteiger partial charge is 0.354 e. The molecule has 0 radical (unpaired) electrons. The summed E-state index contributed by atoms with van der Waals surface area (Å²) in [5.41, 5.74) is 1.91. The molecule has 25 heavy (non-hydrogen) atoms. The van der Waals surface area contributed by atoms with Crippen molar-refractivity contribution < 1.29 is 17.6 Å². The van der Waals surface area contributed by atoms with Crippen LogP contribution in [0.4, 0.5) is 10.1 Å². The third-order valence-corrected chi connectivity index (χ3v) is 4.79. The lowest BCUT2D eigenvalue weighted by molar-refractivity contribution is -0.120. The van der Waals surface area contributed by atoms with Crippen molar-refractivity contribution in [3.63, 3.8) is 0 Å². The quantitative estimate of drug-likeness (QED) is 0.819. The number of amides is 1. The van der Waals surface area contributed by atoms with Crippen LogP contribution in [-0.4, -0.2) is 33.7 Å². The Morgan fingerprint density at radius 1 is 1.16 bits per heavy atom. The Bertz CT molecular complexity index is 853. The van der Waals surface area contributed by atoms with Gasteiger partial charge in [0.2, 0.25) is 15.9 Å². The molecular formula is C18H21FN2O3S. The predicted octanol–water partition coefficient (Wildman–Crippen LogP) is 2.26. The summed E-state index contributed by atoms with van der Waals surface area (Å²) < 4.78 is 38.7. The van der Waals surface area contributed by atoms with E-state index < -0.39 is 15.8 Å². The average molecular weight is 364 g/mol. The lowest BCUT2D eigenvalue weighted by Crippen LogP contribution is -2.39. The van der Waals surface area contributed by atoms with Crippen LogP contribution in [0.25, 0.3) is 0 Å². The van der Waals surface area contributed by atoms with E-state index in [2.05, 4.69) is 5.32 Å². The van der Waals surface area contributed by atoms with E-state index in [-0.39, 0.29) is 31.1 Å². The number of carbonyl (C=O) groups excluding carboxylic acids is 1. The SMILES string of the molecule is Cc1cccc(CC(=O)NCCN(c2ccccc2F)S(C)(=O)=O)c1. The summed E-state index contributed by atoms with van der Waals surface area (Å²) in [5.74, 6) is -0.841. The Hall–Kier alpha value is -2.41. The Morgan fingerprint density at radius 2 is 1.88 bits per heavy atom. The van der Waals surface area contributed by atoms with E-state index in [1.807, 2.05) is 31.2 Å². The number of aryl methyl sites for hydroxylation is 1. The highest BCUT2D eigenvalue weighted by molar-refractivity contribution is 7.92. The first-order valence-corrected chi connectivity index (χ1v) is 9.66. The number of nitrogens with one attached hydrogen (secondary N) is 1. The minimum atomic E-state index is -3.66. The molecule has 0 bridgehead atoms. The Balaban J connectivity index is 1.97. The van der Waals surface area contributed by atoms with Crippen LogP contribution in [0.2, 0.25) is 0 Å². The molecule has 0 atom stereocenters. The van der Waals surface area contributed by atoms with Gasteiger partial charge in [0.1, 0.15) is 5.82 Å². The summed E-state index contributed by atoms with van der Waals surface area (Å²) >= 11 is 0. The third-order valence-electron chi connectivity index (χ3n) is 3.61. The van der Waals surface area contributed by atoms with Gasteiger partial charge in [0.05, 0.1) is 24.9 Å². The van der Waals surface area contributed by atoms with Crippen LogP contribution in [0.3, 0.4) is 0 Å². The maximum atomic E-state index is 13.9. The highest BCUT2D eigenvalue weighted by Gasteiger charge is 2.20. The van der Waals surface area contributed by atoms with Crippen molar-refractivity contribution in [3.05, 3.63) is 65.5 Å². The molecule has 0 saturated carbocycles.